The van der Waals surface area contributed by atoms with Crippen molar-refractivity contribution in [3.63, 3.8) is 0 Å². The summed E-state index contributed by atoms with van der Waals surface area (Å²) >= 11 is 3.27. The first-order chi connectivity index (χ1) is 10.0. The second-order valence-corrected chi connectivity index (χ2v) is 5.03. The van der Waals surface area contributed by atoms with Gasteiger partial charge in [0, 0.05) is 16.1 Å². The van der Waals surface area contributed by atoms with Gasteiger partial charge in [0.25, 0.3) is 0 Å². The molecule has 108 valence electrons. The van der Waals surface area contributed by atoms with Crippen molar-refractivity contribution < 1.29 is 19.0 Å². The molecule has 21 heavy (non-hydrogen) atoms. The first-order valence-electron chi connectivity index (χ1n) is 5.98. The van der Waals surface area contributed by atoms with Crippen LogP contribution >= 0.6 is 15.9 Å². The van der Waals surface area contributed by atoms with Gasteiger partial charge in [-0.2, -0.15) is 0 Å². The van der Waals surface area contributed by atoms with Crippen molar-refractivity contribution in [2.75, 3.05) is 0 Å². The minimum Gasteiger partial charge on any atom is -0.487 e. The summed E-state index contributed by atoms with van der Waals surface area (Å²) < 4.78 is 19.7. The highest BCUT2D eigenvalue weighted by Crippen LogP contribution is 2.18. The summed E-state index contributed by atoms with van der Waals surface area (Å²) in [6.07, 6.45) is 3.83. The average molecular weight is 352 g/mol. The van der Waals surface area contributed by atoms with Gasteiger partial charge in [0.05, 0.1) is 11.9 Å². The number of aromatic nitrogens is 1. The SMILES string of the molecule is O=C(O)C=Cc1ccc(OCc2cc(Br)ccc2F)cn1. The molecule has 0 aliphatic heterocycles. The number of hydrogen-bond acceptors (Lipinski definition) is 3. The number of hydrogen-bond donors (Lipinski definition) is 1. The van der Waals surface area contributed by atoms with Crippen molar-refractivity contribution in [2.24, 2.45) is 0 Å². The average Bonchev–Trinajstić information content (AvgIpc) is 2.47. The van der Waals surface area contributed by atoms with E-state index >= 15 is 0 Å². The number of aliphatic carboxylic acids is 1. The summed E-state index contributed by atoms with van der Waals surface area (Å²) in [7, 11) is 0. The Labute approximate surface area is 129 Å². The summed E-state index contributed by atoms with van der Waals surface area (Å²) in [6, 6.07) is 7.88. The summed E-state index contributed by atoms with van der Waals surface area (Å²) in [6.45, 7) is 0.0806. The van der Waals surface area contributed by atoms with Crippen LogP contribution in [0.5, 0.6) is 5.75 Å². The van der Waals surface area contributed by atoms with Gasteiger partial charge in [0.1, 0.15) is 18.2 Å². The van der Waals surface area contributed by atoms with Crippen molar-refractivity contribution in [3.05, 3.63) is 64.2 Å². The molecule has 1 heterocycles. The molecule has 0 spiro atoms. The van der Waals surface area contributed by atoms with Crippen LogP contribution in [0.2, 0.25) is 0 Å². The first kappa shape index (κ1) is 15.2. The zero-order valence-electron chi connectivity index (χ0n) is 10.8. The molecule has 0 fully saturated rings. The quantitative estimate of drug-likeness (QED) is 0.835. The van der Waals surface area contributed by atoms with Crippen LogP contribution in [0.3, 0.4) is 0 Å². The molecule has 4 nitrogen and oxygen atoms in total. The molecule has 0 aliphatic carbocycles. The number of ether oxygens (including phenoxy) is 1. The Balaban J connectivity index is 2.00. The van der Waals surface area contributed by atoms with Crippen molar-refractivity contribution in [1.82, 2.24) is 4.98 Å². The van der Waals surface area contributed by atoms with Crippen LogP contribution in [0.15, 0.2) is 47.1 Å². The Morgan fingerprint density at radius 2 is 2.19 bits per heavy atom. The minimum atomic E-state index is -1.04. The van der Waals surface area contributed by atoms with Gasteiger partial charge in [-0.3, -0.25) is 4.98 Å². The van der Waals surface area contributed by atoms with E-state index in [0.717, 1.165) is 10.5 Å². The molecule has 6 heteroatoms. The Morgan fingerprint density at radius 3 is 2.86 bits per heavy atom. The lowest BCUT2D eigenvalue weighted by Crippen LogP contribution is -1.99. The first-order valence-corrected chi connectivity index (χ1v) is 6.77. The smallest absolute Gasteiger partial charge is 0.328 e. The minimum absolute atomic E-state index is 0.0806. The monoisotopic (exact) mass is 351 g/mol. The fourth-order valence-corrected chi connectivity index (χ4v) is 1.96. The number of benzene rings is 1. The summed E-state index contributed by atoms with van der Waals surface area (Å²) in [4.78, 5) is 14.4. The molecule has 0 atom stereocenters. The van der Waals surface area contributed by atoms with Crippen molar-refractivity contribution in [3.8, 4) is 5.75 Å². The lowest BCUT2D eigenvalue weighted by Gasteiger charge is -2.07. The fraction of sp³-hybridized carbons (Fsp3) is 0.0667. The van der Waals surface area contributed by atoms with Crippen LogP contribution in [0.1, 0.15) is 11.3 Å². The van der Waals surface area contributed by atoms with Gasteiger partial charge in [-0.25, -0.2) is 9.18 Å². The van der Waals surface area contributed by atoms with Gasteiger partial charge < -0.3 is 9.84 Å². The maximum absolute atomic E-state index is 13.5. The molecule has 0 saturated carbocycles. The molecule has 0 bridgehead atoms. The lowest BCUT2D eigenvalue weighted by molar-refractivity contribution is -0.131. The molecule has 0 unspecified atom stereocenters. The maximum atomic E-state index is 13.5. The summed E-state index contributed by atoms with van der Waals surface area (Å²) in [5, 5.41) is 8.51. The molecule has 0 amide bonds. The standard InChI is InChI=1S/C15H11BrFNO3/c16-11-1-5-14(17)10(7-11)9-21-13-4-2-12(18-8-13)3-6-15(19)20/h1-8H,9H2,(H,19,20). The van der Waals surface area contributed by atoms with E-state index < -0.39 is 5.97 Å². The predicted molar refractivity (Wildman–Crippen MR) is 79.3 cm³/mol. The number of carboxylic acids is 1. The molecule has 0 saturated heterocycles. The highest BCUT2D eigenvalue weighted by atomic mass is 79.9. The number of rotatable bonds is 5. The summed E-state index contributed by atoms with van der Waals surface area (Å²) in [5.41, 5.74) is 0.928. The third-order valence-electron chi connectivity index (χ3n) is 2.56. The summed E-state index contributed by atoms with van der Waals surface area (Å²) in [5.74, 6) is -0.906. The van der Waals surface area contributed by atoms with E-state index in [1.54, 1.807) is 24.3 Å². The van der Waals surface area contributed by atoms with E-state index in [9.17, 15) is 9.18 Å². The van der Waals surface area contributed by atoms with E-state index in [4.69, 9.17) is 9.84 Å². The van der Waals surface area contributed by atoms with Crippen molar-refractivity contribution in [2.45, 2.75) is 6.61 Å². The zero-order valence-corrected chi connectivity index (χ0v) is 12.4. The lowest BCUT2D eigenvalue weighted by atomic mass is 10.2. The Morgan fingerprint density at radius 1 is 1.38 bits per heavy atom. The molecule has 0 radical (unpaired) electrons. The number of halogens is 2. The Bertz CT molecular complexity index is 671. The van der Waals surface area contributed by atoms with Gasteiger partial charge in [0.2, 0.25) is 0 Å². The van der Waals surface area contributed by atoms with Gasteiger partial charge >= 0.3 is 5.97 Å². The highest BCUT2D eigenvalue weighted by Gasteiger charge is 2.04. The maximum Gasteiger partial charge on any atom is 0.328 e. The van der Waals surface area contributed by atoms with Crippen LogP contribution in [0, 0.1) is 5.82 Å². The van der Waals surface area contributed by atoms with Gasteiger partial charge in [-0.05, 0) is 36.4 Å². The number of pyridine rings is 1. The Hall–Kier alpha value is -2.21. The van der Waals surface area contributed by atoms with Crippen molar-refractivity contribution >= 4 is 28.0 Å². The van der Waals surface area contributed by atoms with E-state index in [1.807, 2.05) is 0 Å². The number of carboxylic acid groups (broad SMARTS) is 1. The molecular weight excluding hydrogens is 341 g/mol. The third kappa shape index (κ3) is 4.68. The van der Waals surface area contributed by atoms with Crippen LogP contribution < -0.4 is 4.74 Å². The van der Waals surface area contributed by atoms with Crippen molar-refractivity contribution in [1.29, 1.82) is 0 Å². The number of carbonyl (C=O) groups is 1. The van der Waals surface area contributed by atoms with Gasteiger partial charge in [0.15, 0.2) is 0 Å². The largest absolute Gasteiger partial charge is 0.487 e. The van der Waals surface area contributed by atoms with E-state index in [0.29, 0.717) is 17.0 Å². The van der Waals surface area contributed by atoms with Crippen LogP contribution in [0.4, 0.5) is 4.39 Å². The fourth-order valence-electron chi connectivity index (χ4n) is 1.55. The number of nitrogens with zero attached hydrogens (tertiary/aromatic N) is 1. The predicted octanol–water partition coefficient (Wildman–Crippen LogP) is 3.66. The van der Waals surface area contributed by atoms with E-state index in [2.05, 4.69) is 20.9 Å². The molecule has 1 aromatic carbocycles. The van der Waals surface area contributed by atoms with Gasteiger partial charge in [-0.15, -0.1) is 0 Å². The van der Waals surface area contributed by atoms with E-state index in [-0.39, 0.29) is 12.4 Å². The third-order valence-corrected chi connectivity index (χ3v) is 3.05. The zero-order chi connectivity index (χ0) is 15.2. The topological polar surface area (TPSA) is 59.4 Å². The molecular formula is C15H11BrFNO3. The molecule has 1 N–H and O–H groups in total. The van der Waals surface area contributed by atoms with Crippen LogP contribution in [-0.4, -0.2) is 16.1 Å². The normalized spacial score (nSPS) is 10.8. The van der Waals surface area contributed by atoms with Crippen LogP contribution in [-0.2, 0) is 11.4 Å². The van der Waals surface area contributed by atoms with Crippen LogP contribution in [0.25, 0.3) is 6.08 Å². The molecule has 1 aromatic heterocycles. The van der Waals surface area contributed by atoms with Gasteiger partial charge in [-0.1, -0.05) is 15.9 Å². The molecule has 2 aromatic rings. The molecule has 0 aliphatic rings. The van der Waals surface area contributed by atoms with E-state index in [1.165, 1.54) is 18.3 Å². The molecule has 2 rings (SSSR count). The second-order valence-electron chi connectivity index (χ2n) is 4.11. The second kappa shape index (κ2) is 6.99. The highest BCUT2D eigenvalue weighted by molar-refractivity contribution is 9.10. The Kier molecular flexibility index (Phi) is 5.05.